The minimum Gasteiger partial charge on any atom is -0.347 e. The number of benzene rings is 2. The standard InChI is InChI=1S/C22H17BrClN3O3S/c1-2-26-11-13(15-5-3-4-6-18(15)26)9-19-21(29)27(22(30)31-19)12-20(28)25-14-7-8-16(23)17(24)10-14/h3-11H,2,12H2,1H3,(H,25,28)/b19-9-. The summed E-state index contributed by atoms with van der Waals surface area (Å²) in [4.78, 5) is 38.9. The summed E-state index contributed by atoms with van der Waals surface area (Å²) in [6.07, 6.45) is 3.68. The number of hydrogen-bond donors (Lipinski definition) is 1. The maximum absolute atomic E-state index is 12.8. The molecule has 0 unspecified atom stereocenters. The van der Waals surface area contributed by atoms with Crippen molar-refractivity contribution in [1.82, 2.24) is 9.47 Å². The lowest BCUT2D eigenvalue weighted by Gasteiger charge is -2.12. The van der Waals surface area contributed by atoms with Gasteiger partial charge < -0.3 is 9.88 Å². The maximum atomic E-state index is 12.8. The lowest BCUT2D eigenvalue weighted by Crippen LogP contribution is -2.36. The summed E-state index contributed by atoms with van der Waals surface area (Å²) < 4.78 is 2.79. The second-order valence-electron chi connectivity index (χ2n) is 6.83. The van der Waals surface area contributed by atoms with E-state index in [-0.39, 0.29) is 6.54 Å². The molecule has 0 radical (unpaired) electrons. The number of nitrogens with zero attached hydrogens (tertiary/aromatic N) is 2. The second-order valence-corrected chi connectivity index (χ2v) is 9.09. The first kappa shape index (κ1) is 21.7. The lowest BCUT2D eigenvalue weighted by atomic mass is 10.1. The Balaban J connectivity index is 1.52. The molecule has 2 heterocycles. The second kappa shape index (κ2) is 8.90. The molecule has 0 bridgehead atoms. The van der Waals surface area contributed by atoms with Crippen molar-refractivity contribution < 1.29 is 14.4 Å². The number of aryl methyl sites for hydroxylation is 1. The molecule has 0 saturated carbocycles. The summed E-state index contributed by atoms with van der Waals surface area (Å²) in [6.45, 7) is 2.46. The topological polar surface area (TPSA) is 71.4 Å². The zero-order chi connectivity index (χ0) is 22.1. The molecule has 4 rings (SSSR count). The van der Waals surface area contributed by atoms with E-state index in [1.807, 2.05) is 37.4 Å². The number of hydrogen-bond acceptors (Lipinski definition) is 4. The molecular weight excluding hydrogens is 502 g/mol. The molecule has 2 aromatic carbocycles. The van der Waals surface area contributed by atoms with Gasteiger partial charge in [-0.1, -0.05) is 29.8 Å². The molecule has 3 aromatic rings. The molecule has 1 saturated heterocycles. The van der Waals surface area contributed by atoms with Crippen LogP contribution in [0.3, 0.4) is 0 Å². The fourth-order valence-electron chi connectivity index (χ4n) is 3.35. The van der Waals surface area contributed by atoms with Gasteiger partial charge in [0.25, 0.3) is 11.1 Å². The van der Waals surface area contributed by atoms with Crippen LogP contribution in [0, 0.1) is 0 Å². The Kier molecular flexibility index (Phi) is 6.22. The van der Waals surface area contributed by atoms with E-state index in [0.717, 1.165) is 39.7 Å². The fraction of sp³-hybridized carbons (Fsp3) is 0.136. The van der Waals surface area contributed by atoms with Crippen LogP contribution in [0.5, 0.6) is 0 Å². The van der Waals surface area contributed by atoms with E-state index < -0.39 is 17.1 Å². The highest BCUT2D eigenvalue weighted by atomic mass is 79.9. The van der Waals surface area contributed by atoms with Crippen LogP contribution in [-0.2, 0) is 16.1 Å². The monoisotopic (exact) mass is 517 g/mol. The Morgan fingerprint density at radius 2 is 2.00 bits per heavy atom. The Bertz CT molecular complexity index is 1250. The third kappa shape index (κ3) is 4.42. The number of aromatic nitrogens is 1. The first-order chi connectivity index (χ1) is 14.9. The number of imide groups is 1. The highest BCUT2D eigenvalue weighted by Gasteiger charge is 2.36. The molecule has 0 aliphatic carbocycles. The molecule has 1 aliphatic rings. The summed E-state index contributed by atoms with van der Waals surface area (Å²) in [5, 5.41) is 3.63. The number of fused-ring (bicyclic) bond motifs is 1. The molecule has 3 amide bonds. The highest BCUT2D eigenvalue weighted by molar-refractivity contribution is 9.10. The summed E-state index contributed by atoms with van der Waals surface area (Å²) in [7, 11) is 0. The summed E-state index contributed by atoms with van der Waals surface area (Å²) in [6, 6.07) is 12.8. The lowest BCUT2D eigenvalue weighted by molar-refractivity contribution is -0.127. The first-order valence-corrected chi connectivity index (χ1v) is 11.4. The Hall–Kier alpha value is -2.55. The molecule has 0 atom stereocenters. The summed E-state index contributed by atoms with van der Waals surface area (Å²) in [5.41, 5.74) is 2.40. The minimum absolute atomic E-state index is 0.295. The van der Waals surface area contributed by atoms with Crippen molar-refractivity contribution in [2.45, 2.75) is 13.5 Å². The van der Waals surface area contributed by atoms with Gasteiger partial charge in [0.05, 0.1) is 9.93 Å². The van der Waals surface area contributed by atoms with E-state index in [2.05, 4.69) is 25.8 Å². The van der Waals surface area contributed by atoms with Crippen LogP contribution in [0.4, 0.5) is 10.5 Å². The van der Waals surface area contributed by atoms with Crippen LogP contribution in [0.1, 0.15) is 12.5 Å². The molecule has 1 N–H and O–H groups in total. The van der Waals surface area contributed by atoms with Gasteiger partial charge in [0.15, 0.2) is 0 Å². The zero-order valence-electron chi connectivity index (χ0n) is 16.4. The molecule has 1 aromatic heterocycles. The van der Waals surface area contributed by atoms with Crippen molar-refractivity contribution in [1.29, 1.82) is 0 Å². The van der Waals surface area contributed by atoms with E-state index in [4.69, 9.17) is 11.6 Å². The van der Waals surface area contributed by atoms with Gasteiger partial charge in [-0.15, -0.1) is 0 Å². The number of anilines is 1. The van der Waals surface area contributed by atoms with Crippen molar-refractivity contribution in [3.8, 4) is 0 Å². The summed E-state index contributed by atoms with van der Waals surface area (Å²) >= 11 is 10.2. The third-order valence-electron chi connectivity index (χ3n) is 4.83. The predicted octanol–water partition coefficient (Wildman–Crippen LogP) is 5.75. The first-order valence-electron chi connectivity index (χ1n) is 9.45. The molecule has 31 heavy (non-hydrogen) atoms. The van der Waals surface area contributed by atoms with E-state index in [1.54, 1.807) is 24.3 Å². The number of carbonyl (C=O) groups is 3. The van der Waals surface area contributed by atoms with Gasteiger partial charge in [0.2, 0.25) is 5.91 Å². The van der Waals surface area contributed by atoms with E-state index in [9.17, 15) is 14.4 Å². The number of para-hydroxylation sites is 1. The number of rotatable bonds is 5. The average Bonchev–Trinajstić information content (AvgIpc) is 3.23. The van der Waals surface area contributed by atoms with Crippen molar-refractivity contribution in [2.75, 3.05) is 11.9 Å². The fourth-order valence-corrected chi connectivity index (χ4v) is 4.60. The van der Waals surface area contributed by atoms with Gasteiger partial charge in [0, 0.05) is 39.4 Å². The molecule has 0 spiro atoms. The molecular formula is C22H17BrClN3O3S. The summed E-state index contributed by atoms with van der Waals surface area (Å²) in [5.74, 6) is -0.961. The zero-order valence-corrected chi connectivity index (χ0v) is 19.6. The van der Waals surface area contributed by atoms with Crippen molar-refractivity contribution in [3.05, 3.63) is 68.6 Å². The van der Waals surface area contributed by atoms with E-state index in [1.165, 1.54) is 0 Å². The smallest absolute Gasteiger partial charge is 0.294 e. The van der Waals surface area contributed by atoms with Gasteiger partial charge in [-0.2, -0.15) is 0 Å². The van der Waals surface area contributed by atoms with Crippen LogP contribution in [-0.4, -0.2) is 33.1 Å². The molecule has 158 valence electrons. The number of carbonyl (C=O) groups excluding carboxylic acids is 3. The largest absolute Gasteiger partial charge is 0.347 e. The quantitative estimate of drug-likeness (QED) is 0.437. The van der Waals surface area contributed by atoms with Crippen LogP contribution in [0.25, 0.3) is 17.0 Å². The van der Waals surface area contributed by atoms with Crippen molar-refractivity contribution in [3.63, 3.8) is 0 Å². The van der Waals surface area contributed by atoms with Gasteiger partial charge >= 0.3 is 0 Å². The van der Waals surface area contributed by atoms with Crippen LogP contribution >= 0.6 is 39.3 Å². The average molecular weight is 519 g/mol. The van der Waals surface area contributed by atoms with Crippen molar-refractivity contribution in [2.24, 2.45) is 0 Å². The normalized spacial score (nSPS) is 15.3. The van der Waals surface area contributed by atoms with Gasteiger partial charge in [0.1, 0.15) is 6.54 Å². The Morgan fingerprint density at radius 1 is 1.23 bits per heavy atom. The molecule has 6 nitrogen and oxygen atoms in total. The number of thioether (sulfide) groups is 1. The SMILES string of the molecule is CCn1cc(/C=C2\SC(=O)N(CC(=O)Nc3ccc(Br)c(Cl)c3)C2=O)c2ccccc21. The number of halogens is 2. The van der Waals surface area contributed by atoms with Gasteiger partial charge in [-0.3, -0.25) is 19.3 Å². The molecule has 1 fully saturated rings. The van der Waals surface area contributed by atoms with Crippen molar-refractivity contribution >= 4 is 79.0 Å². The number of nitrogens with one attached hydrogen (secondary N) is 1. The third-order valence-corrected chi connectivity index (χ3v) is 6.97. The van der Waals surface area contributed by atoms with E-state index in [0.29, 0.717) is 20.1 Å². The van der Waals surface area contributed by atoms with Crippen LogP contribution in [0.15, 0.2) is 58.0 Å². The van der Waals surface area contributed by atoms with Crippen LogP contribution < -0.4 is 5.32 Å². The molecule has 1 aliphatic heterocycles. The van der Waals surface area contributed by atoms with Gasteiger partial charge in [-0.25, -0.2) is 0 Å². The van der Waals surface area contributed by atoms with Crippen LogP contribution in [0.2, 0.25) is 5.02 Å². The minimum atomic E-state index is -0.482. The molecule has 9 heteroatoms. The Morgan fingerprint density at radius 3 is 2.74 bits per heavy atom. The predicted molar refractivity (Wildman–Crippen MR) is 128 cm³/mol. The highest BCUT2D eigenvalue weighted by Crippen LogP contribution is 2.34. The van der Waals surface area contributed by atoms with E-state index >= 15 is 0 Å². The Labute approximate surface area is 196 Å². The maximum Gasteiger partial charge on any atom is 0.294 e. The number of amides is 3. The van der Waals surface area contributed by atoms with Gasteiger partial charge in [-0.05, 0) is 65.0 Å².